The summed E-state index contributed by atoms with van der Waals surface area (Å²) in [5.41, 5.74) is 6.47. The van der Waals surface area contributed by atoms with Crippen LogP contribution in [-0.2, 0) is 13.0 Å². The van der Waals surface area contributed by atoms with Crippen LogP contribution in [0.5, 0.6) is 0 Å². The number of carbonyl (C=O) groups is 1. The van der Waals surface area contributed by atoms with Gasteiger partial charge in [0, 0.05) is 31.0 Å². The Morgan fingerprint density at radius 2 is 2.23 bits per heavy atom. The van der Waals surface area contributed by atoms with E-state index in [4.69, 9.17) is 5.73 Å². The summed E-state index contributed by atoms with van der Waals surface area (Å²) in [6, 6.07) is 2.69. The van der Waals surface area contributed by atoms with Crippen molar-refractivity contribution in [2.75, 3.05) is 18.0 Å². The van der Waals surface area contributed by atoms with Gasteiger partial charge in [-0.2, -0.15) is 5.10 Å². The van der Waals surface area contributed by atoms with Crippen LogP contribution in [0.4, 0.5) is 10.2 Å². The molecule has 1 fully saturated rings. The summed E-state index contributed by atoms with van der Waals surface area (Å²) in [4.78, 5) is 31.3. The standard InChI is InChI=1S/C21H25FN6O3/c1-2-15-18(21(30)31)19-24-17(6-10-28(19)25-15)27-9-3-5-16(27)14-11-13(22)12-26(20(14)29)8-4-7-23/h6,10-12,16H,2-5,7-9,23H2,1H3,(H,30,31)/t16-/m1/s1. The van der Waals surface area contributed by atoms with Crippen LogP contribution in [-0.4, -0.2) is 43.3 Å². The fraction of sp³-hybridized carbons (Fsp3) is 0.429. The van der Waals surface area contributed by atoms with Crippen LogP contribution >= 0.6 is 0 Å². The Morgan fingerprint density at radius 1 is 1.42 bits per heavy atom. The summed E-state index contributed by atoms with van der Waals surface area (Å²) >= 11 is 0. The average Bonchev–Trinajstić information content (AvgIpc) is 3.37. The van der Waals surface area contributed by atoms with Gasteiger partial charge in [0.2, 0.25) is 0 Å². The van der Waals surface area contributed by atoms with Crippen LogP contribution in [0.2, 0.25) is 0 Å². The molecule has 0 aromatic carbocycles. The molecule has 1 saturated heterocycles. The Hall–Kier alpha value is -3.27. The summed E-state index contributed by atoms with van der Waals surface area (Å²) in [5, 5.41) is 13.9. The first-order valence-corrected chi connectivity index (χ1v) is 10.4. The van der Waals surface area contributed by atoms with Gasteiger partial charge < -0.3 is 20.3 Å². The third kappa shape index (κ3) is 3.78. The van der Waals surface area contributed by atoms with Crippen molar-refractivity contribution in [1.29, 1.82) is 0 Å². The Kier molecular flexibility index (Phi) is 5.73. The van der Waals surface area contributed by atoms with Gasteiger partial charge in [-0.05, 0) is 44.4 Å². The molecule has 10 heteroatoms. The molecule has 0 radical (unpaired) electrons. The number of fused-ring (bicyclic) bond motifs is 1. The smallest absolute Gasteiger partial charge is 0.341 e. The molecule has 3 aromatic rings. The molecule has 0 unspecified atom stereocenters. The van der Waals surface area contributed by atoms with Gasteiger partial charge in [0.25, 0.3) is 5.56 Å². The lowest BCUT2D eigenvalue weighted by atomic mass is 10.1. The molecule has 4 heterocycles. The van der Waals surface area contributed by atoms with Gasteiger partial charge in [0.05, 0.1) is 11.7 Å². The molecular weight excluding hydrogens is 403 g/mol. The van der Waals surface area contributed by atoms with E-state index in [2.05, 4.69) is 10.1 Å². The molecule has 164 valence electrons. The molecule has 1 aliphatic rings. The first-order chi connectivity index (χ1) is 14.9. The maximum atomic E-state index is 14.3. The van der Waals surface area contributed by atoms with Crippen LogP contribution in [0, 0.1) is 5.82 Å². The van der Waals surface area contributed by atoms with E-state index in [0.29, 0.717) is 56.0 Å². The zero-order chi connectivity index (χ0) is 22.1. The SMILES string of the molecule is CCc1nn2ccc(N3CCC[C@@H]3c3cc(F)cn(CCCN)c3=O)nc2c1C(=O)O. The topological polar surface area (TPSA) is 119 Å². The molecule has 0 bridgehead atoms. The van der Waals surface area contributed by atoms with E-state index in [-0.39, 0.29) is 22.8 Å². The Morgan fingerprint density at radius 3 is 2.94 bits per heavy atom. The number of nitrogens with zero attached hydrogens (tertiary/aromatic N) is 5. The molecule has 1 atom stereocenters. The Balaban J connectivity index is 1.77. The molecule has 0 saturated carbocycles. The van der Waals surface area contributed by atoms with Crippen LogP contribution < -0.4 is 16.2 Å². The van der Waals surface area contributed by atoms with Gasteiger partial charge in [0.15, 0.2) is 5.65 Å². The highest BCUT2D eigenvalue weighted by Crippen LogP contribution is 2.34. The number of hydrogen-bond donors (Lipinski definition) is 2. The highest BCUT2D eigenvalue weighted by atomic mass is 19.1. The third-order valence-electron chi connectivity index (χ3n) is 5.68. The monoisotopic (exact) mass is 428 g/mol. The number of aryl methyl sites for hydroxylation is 2. The van der Waals surface area contributed by atoms with Crippen LogP contribution in [0.25, 0.3) is 5.65 Å². The summed E-state index contributed by atoms with van der Waals surface area (Å²) in [5.74, 6) is -1.02. The summed E-state index contributed by atoms with van der Waals surface area (Å²) in [6.07, 6.45) is 5.41. The zero-order valence-electron chi connectivity index (χ0n) is 17.3. The fourth-order valence-corrected chi connectivity index (χ4v) is 4.24. The van der Waals surface area contributed by atoms with Crippen molar-refractivity contribution >= 4 is 17.4 Å². The van der Waals surface area contributed by atoms with Crippen molar-refractivity contribution in [3.8, 4) is 0 Å². The lowest BCUT2D eigenvalue weighted by molar-refractivity contribution is 0.0697. The molecule has 0 amide bonds. The van der Waals surface area contributed by atoms with E-state index in [0.717, 1.165) is 6.42 Å². The number of carboxylic acids is 1. The molecule has 0 spiro atoms. The number of nitrogens with two attached hydrogens (primary N) is 1. The minimum absolute atomic E-state index is 0.0787. The third-order valence-corrected chi connectivity index (χ3v) is 5.68. The normalized spacial score (nSPS) is 16.4. The highest BCUT2D eigenvalue weighted by molar-refractivity contribution is 5.96. The zero-order valence-corrected chi connectivity index (χ0v) is 17.3. The Labute approximate surface area is 177 Å². The van der Waals surface area contributed by atoms with Gasteiger partial charge >= 0.3 is 5.97 Å². The summed E-state index contributed by atoms with van der Waals surface area (Å²) in [7, 11) is 0. The number of halogens is 1. The fourth-order valence-electron chi connectivity index (χ4n) is 4.24. The number of carboxylic acid groups (broad SMARTS) is 1. The lowest BCUT2D eigenvalue weighted by Crippen LogP contribution is -2.32. The van der Waals surface area contributed by atoms with Crippen molar-refractivity contribution in [2.24, 2.45) is 5.73 Å². The quantitative estimate of drug-likeness (QED) is 0.591. The number of anilines is 1. The van der Waals surface area contributed by atoms with Gasteiger partial charge in [0.1, 0.15) is 17.2 Å². The first-order valence-electron chi connectivity index (χ1n) is 10.4. The van der Waals surface area contributed by atoms with E-state index < -0.39 is 11.8 Å². The van der Waals surface area contributed by atoms with Crippen LogP contribution in [0.1, 0.15) is 53.8 Å². The number of hydrogen-bond acceptors (Lipinski definition) is 6. The van der Waals surface area contributed by atoms with E-state index in [1.807, 2.05) is 11.8 Å². The van der Waals surface area contributed by atoms with E-state index in [1.54, 1.807) is 12.3 Å². The number of pyridine rings is 1. The van der Waals surface area contributed by atoms with Crippen LogP contribution in [0.15, 0.2) is 29.3 Å². The highest BCUT2D eigenvalue weighted by Gasteiger charge is 2.31. The minimum atomic E-state index is -1.08. The molecule has 4 rings (SSSR count). The van der Waals surface area contributed by atoms with E-state index in [9.17, 15) is 19.1 Å². The van der Waals surface area contributed by atoms with E-state index in [1.165, 1.54) is 21.3 Å². The summed E-state index contributed by atoms with van der Waals surface area (Å²) < 4.78 is 17.1. The average molecular weight is 428 g/mol. The number of aromatic carboxylic acids is 1. The minimum Gasteiger partial charge on any atom is -0.477 e. The van der Waals surface area contributed by atoms with Crippen molar-refractivity contribution < 1.29 is 14.3 Å². The van der Waals surface area contributed by atoms with Gasteiger partial charge in [-0.25, -0.2) is 18.7 Å². The molecule has 9 nitrogen and oxygen atoms in total. The predicted molar refractivity (Wildman–Crippen MR) is 113 cm³/mol. The second-order valence-electron chi connectivity index (χ2n) is 7.64. The molecule has 3 aromatic heterocycles. The van der Waals surface area contributed by atoms with Crippen molar-refractivity contribution in [3.63, 3.8) is 0 Å². The molecule has 1 aliphatic heterocycles. The van der Waals surface area contributed by atoms with Gasteiger partial charge in [-0.1, -0.05) is 6.92 Å². The van der Waals surface area contributed by atoms with E-state index >= 15 is 0 Å². The predicted octanol–water partition coefficient (Wildman–Crippen LogP) is 1.98. The second kappa shape index (κ2) is 8.46. The largest absolute Gasteiger partial charge is 0.477 e. The molecule has 0 aliphatic carbocycles. The first kappa shape index (κ1) is 21.0. The van der Waals surface area contributed by atoms with Gasteiger partial charge in [-0.3, -0.25) is 4.79 Å². The number of aromatic nitrogens is 4. The maximum Gasteiger partial charge on any atom is 0.341 e. The summed E-state index contributed by atoms with van der Waals surface area (Å²) in [6.45, 7) is 3.23. The molecule has 3 N–H and O–H groups in total. The molecule has 31 heavy (non-hydrogen) atoms. The van der Waals surface area contributed by atoms with Crippen molar-refractivity contribution in [1.82, 2.24) is 19.2 Å². The van der Waals surface area contributed by atoms with Crippen molar-refractivity contribution in [2.45, 2.75) is 45.2 Å². The van der Waals surface area contributed by atoms with Gasteiger partial charge in [-0.15, -0.1) is 0 Å². The second-order valence-corrected chi connectivity index (χ2v) is 7.64. The molecular formula is C21H25FN6O3. The Bertz CT molecular complexity index is 1190. The van der Waals surface area contributed by atoms with Crippen molar-refractivity contribution in [3.05, 3.63) is 57.5 Å². The number of rotatable bonds is 7. The maximum absolute atomic E-state index is 14.3. The lowest BCUT2D eigenvalue weighted by Gasteiger charge is -2.26. The van der Waals surface area contributed by atoms with Crippen LogP contribution in [0.3, 0.4) is 0 Å².